The Labute approximate surface area is 172 Å². The van der Waals surface area contributed by atoms with E-state index in [1.807, 2.05) is 29.5 Å². The molecular weight excluding hydrogens is 360 g/mol. The minimum atomic E-state index is -0.425. The first-order chi connectivity index (χ1) is 14.0. The molecule has 3 heterocycles. The lowest BCUT2D eigenvalue weighted by molar-refractivity contribution is 0.0993. The van der Waals surface area contributed by atoms with Crippen molar-refractivity contribution >= 4 is 17.2 Å². The third-order valence-corrected chi connectivity index (χ3v) is 5.92. The van der Waals surface area contributed by atoms with E-state index in [4.69, 9.17) is 5.73 Å². The van der Waals surface area contributed by atoms with Crippen LogP contribution in [0, 0.1) is 11.8 Å². The molecule has 1 aliphatic rings. The van der Waals surface area contributed by atoms with Crippen molar-refractivity contribution in [3.05, 3.63) is 65.1 Å². The maximum atomic E-state index is 12.1. The Kier molecular flexibility index (Phi) is 5.31. The summed E-state index contributed by atoms with van der Waals surface area (Å²) in [5.41, 5.74) is 11.2. The van der Waals surface area contributed by atoms with E-state index in [0.717, 1.165) is 48.4 Å². The molecule has 1 saturated heterocycles. The lowest BCUT2D eigenvalue weighted by Gasteiger charge is -2.36. The van der Waals surface area contributed by atoms with Gasteiger partial charge in [0.05, 0.1) is 5.69 Å². The number of piperidine rings is 1. The van der Waals surface area contributed by atoms with Crippen molar-refractivity contribution in [3.8, 4) is 0 Å². The number of hydrogen-bond acceptors (Lipinski definition) is 3. The summed E-state index contributed by atoms with van der Waals surface area (Å²) < 4.78 is 1.92. The second-order valence-electron chi connectivity index (χ2n) is 8.53. The highest BCUT2D eigenvalue weighted by molar-refractivity contribution is 5.93. The smallest absolute Gasteiger partial charge is 0.267 e. The van der Waals surface area contributed by atoms with Crippen LogP contribution in [0.15, 0.2) is 42.5 Å². The molecule has 5 nitrogen and oxygen atoms in total. The molecule has 0 aliphatic carbocycles. The Bertz CT molecular complexity index is 1010. The predicted molar refractivity (Wildman–Crippen MR) is 117 cm³/mol. The Balaban J connectivity index is 1.62. The van der Waals surface area contributed by atoms with Crippen LogP contribution in [0.1, 0.15) is 54.6 Å². The summed E-state index contributed by atoms with van der Waals surface area (Å²) in [6, 6.07) is 14.8. The molecule has 1 aromatic carbocycles. The van der Waals surface area contributed by atoms with E-state index in [2.05, 4.69) is 48.0 Å². The molecule has 2 N–H and O–H groups in total. The fourth-order valence-corrected chi connectivity index (χ4v) is 4.75. The highest BCUT2D eigenvalue weighted by atomic mass is 16.1. The summed E-state index contributed by atoms with van der Waals surface area (Å²) in [4.78, 5) is 19.2. The van der Waals surface area contributed by atoms with Gasteiger partial charge in [0.25, 0.3) is 5.91 Å². The molecule has 5 heteroatoms. The maximum Gasteiger partial charge on any atom is 0.267 e. The fraction of sp³-hybridized carbons (Fsp3) is 0.417. The molecule has 2 aromatic heterocycles. The van der Waals surface area contributed by atoms with Crippen molar-refractivity contribution in [1.29, 1.82) is 0 Å². The molecule has 1 aliphatic heterocycles. The topological polar surface area (TPSA) is 63.6 Å². The van der Waals surface area contributed by atoms with E-state index in [9.17, 15) is 4.79 Å². The lowest BCUT2D eigenvalue weighted by Crippen LogP contribution is -2.38. The number of anilines is 1. The molecule has 0 radical (unpaired) electrons. The number of amides is 1. The van der Waals surface area contributed by atoms with Crippen molar-refractivity contribution in [1.82, 2.24) is 9.38 Å². The normalized spacial score (nSPS) is 19.6. The number of carbonyl (C=O) groups excluding carboxylic acids is 1. The van der Waals surface area contributed by atoms with Crippen molar-refractivity contribution in [3.63, 3.8) is 0 Å². The van der Waals surface area contributed by atoms with Crippen LogP contribution in [0.4, 0.5) is 5.69 Å². The van der Waals surface area contributed by atoms with Gasteiger partial charge in [-0.3, -0.25) is 9.20 Å². The van der Waals surface area contributed by atoms with Crippen molar-refractivity contribution in [2.24, 2.45) is 17.6 Å². The molecular formula is C24H30N4O. The van der Waals surface area contributed by atoms with Crippen LogP contribution >= 0.6 is 0 Å². The summed E-state index contributed by atoms with van der Waals surface area (Å²) in [5.74, 6) is 1.04. The largest absolute Gasteiger partial charge is 0.371 e. The van der Waals surface area contributed by atoms with E-state index >= 15 is 0 Å². The number of pyridine rings is 1. The van der Waals surface area contributed by atoms with Crippen LogP contribution in [-0.4, -0.2) is 28.4 Å². The van der Waals surface area contributed by atoms with Crippen LogP contribution in [0.3, 0.4) is 0 Å². The van der Waals surface area contributed by atoms with Gasteiger partial charge in [0.1, 0.15) is 11.3 Å². The number of hydrogen-bond donors (Lipinski definition) is 1. The number of fused-ring (bicyclic) bond motifs is 1. The van der Waals surface area contributed by atoms with Gasteiger partial charge in [0.2, 0.25) is 0 Å². The summed E-state index contributed by atoms with van der Waals surface area (Å²) in [6.45, 7) is 8.92. The Hall–Kier alpha value is -2.82. The van der Waals surface area contributed by atoms with Gasteiger partial charge in [0.15, 0.2) is 0 Å². The van der Waals surface area contributed by atoms with Gasteiger partial charge in [-0.2, -0.15) is 0 Å². The molecule has 152 valence electrons. The summed E-state index contributed by atoms with van der Waals surface area (Å²) in [5, 5.41) is 0. The van der Waals surface area contributed by atoms with Crippen LogP contribution in [0.2, 0.25) is 0 Å². The van der Waals surface area contributed by atoms with Crippen LogP contribution < -0.4 is 10.6 Å². The molecule has 3 aromatic rings. The molecule has 1 fully saturated rings. The minimum absolute atomic E-state index is 0.425. The number of aromatic nitrogens is 2. The van der Waals surface area contributed by atoms with E-state index in [0.29, 0.717) is 12.1 Å². The molecule has 29 heavy (non-hydrogen) atoms. The molecule has 0 saturated carbocycles. The number of aryl methyl sites for hydroxylation is 1. The number of benzene rings is 1. The van der Waals surface area contributed by atoms with Gasteiger partial charge in [-0.1, -0.05) is 39.0 Å². The van der Waals surface area contributed by atoms with E-state index in [-0.39, 0.29) is 0 Å². The zero-order valence-electron chi connectivity index (χ0n) is 17.6. The second kappa shape index (κ2) is 7.90. The lowest BCUT2D eigenvalue weighted by atomic mass is 9.91. The standard InChI is InChI=1S/C24H30N4O/c1-4-21-23(24(25)29)28-20(6-5-7-22(28)26-21)13-18-8-10-19(11-9-18)27-14-16(2)12-17(3)15-27/h5-11,16-17H,4,12-15H2,1-3H3,(H2,25,29). The number of nitrogens with two attached hydrogens (primary N) is 1. The molecule has 0 bridgehead atoms. The van der Waals surface area contributed by atoms with Gasteiger partial charge in [0, 0.05) is 30.9 Å². The first kappa shape index (κ1) is 19.5. The number of primary amides is 1. The van der Waals surface area contributed by atoms with Gasteiger partial charge >= 0.3 is 0 Å². The quantitative estimate of drug-likeness (QED) is 0.714. The van der Waals surface area contributed by atoms with E-state index in [1.165, 1.54) is 17.7 Å². The number of nitrogens with zero attached hydrogens (tertiary/aromatic N) is 3. The first-order valence-electron chi connectivity index (χ1n) is 10.6. The number of carbonyl (C=O) groups is 1. The van der Waals surface area contributed by atoms with Gasteiger partial charge in [-0.05, 0) is 54.5 Å². The van der Waals surface area contributed by atoms with Crippen molar-refractivity contribution in [2.75, 3.05) is 18.0 Å². The zero-order chi connectivity index (χ0) is 20.5. The number of imidazole rings is 1. The van der Waals surface area contributed by atoms with Gasteiger partial charge < -0.3 is 10.6 Å². The first-order valence-corrected chi connectivity index (χ1v) is 10.6. The second-order valence-corrected chi connectivity index (χ2v) is 8.53. The number of rotatable bonds is 5. The van der Waals surface area contributed by atoms with Crippen LogP contribution in [0.5, 0.6) is 0 Å². The summed E-state index contributed by atoms with van der Waals surface area (Å²) in [7, 11) is 0. The average molecular weight is 391 g/mol. The minimum Gasteiger partial charge on any atom is -0.371 e. The van der Waals surface area contributed by atoms with Crippen molar-refractivity contribution in [2.45, 2.75) is 40.0 Å². The third-order valence-electron chi connectivity index (χ3n) is 5.92. The van der Waals surface area contributed by atoms with E-state index < -0.39 is 5.91 Å². The molecule has 2 atom stereocenters. The maximum absolute atomic E-state index is 12.1. The molecule has 1 amide bonds. The molecule has 0 spiro atoms. The monoisotopic (exact) mass is 390 g/mol. The Morgan fingerprint density at radius 3 is 2.41 bits per heavy atom. The fourth-order valence-electron chi connectivity index (χ4n) is 4.75. The highest BCUT2D eigenvalue weighted by Gasteiger charge is 2.22. The van der Waals surface area contributed by atoms with Gasteiger partial charge in [-0.15, -0.1) is 0 Å². The van der Waals surface area contributed by atoms with Crippen molar-refractivity contribution < 1.29 is 4.79 Å². The SMILES string of the molecule is CCc1nc2cccc(Cc3ccc(N4CC(C)CC(C)C4)cc3)n2c1C(N)=O. The van der Waals surface area contributed by atoms with Crippen LogP contribution in [-0.2, 0) is 12.8 Å². The van der Waals surface area contributed by atoms with Crippen LogP contribution in [0.25, 0.3) is 5.65 Å². The Morgan fingerprint density at radius 1 is 1.10 bits per heavy atom. The summed E-state index contributed by atoms with van der Waals surface area (Å²) in [6.07, 6.45) is 2.72. The summed E-state index contributed by atoms with van der Waals surface area (Å²) >= 11 is 0. The highest BCUT2D eigenvalue weighted by Crippen LogP contribution is 2.27. The zero-order valence-corrected chi connectivity index (χ0v) is 17.6. The Morgan fingerprint density at radius 2 is 1.79 bits per heavy atom. The third kappa shape index (κ3) is 3.86. The molecule has 4 rings (SSSR count). The van der Waals surface area contributed by atoms with Gasteiger partial charge in [-0.25, -0.2) is 4.98 Å². The predicted octanol–water partition coefficient (Wildman–Crippen LogP) is 4.07. The average Bonchev–Trinajstić information content (AvgIpc) is 3.08. The molecule has 2 unspecified atom stereocenters. The van der Waals surface area contributed by atoms with E-state index in [1.54, 1.807) is 0 Å².